The molecule has 0 aromatic carbocycles. The van der Waals surface area contributed by atoms with Crippen molar-refractivity contribution in [3.8, 4) is 0 Å². The number of aryl methyl sites for hydroxylation is 1. The van der Waals surface area contributed by atoms with E-state index in [1.54, 1.807) is 6.07 Å². The summed E-state index contributed by atoms with van der Waals surface area (Å²) in [6.07, 6.45) is 1.91. The molecule has 4 nitrogen and oxygen atoms in total. The van der Waals surface area contributed by atoms with Gasteiger partial charge >= 0.3 is 0 Å². The van der Waals surface area contributed by atoms with E-state index in [9.17, 15) is 8.42 Å². The lowest BCUT2D eigenvalue weighted by Gasteiger charge is -2.13. The van der Waals surface area contributed by atoms with Gasteiger partial charge in [0.1, 0.15) is 4.21 Å². The van der Waals surface area contributed by atoms with Crippen molar-refractivity contribution < 1.29 is 8.42 Å². The van der Waals surface area contributed by atoms with Gasteiger partial charge in [0.15, 0.2) is 0 Å². The summed E-state index contributed by atoms with van der Waals surface area (Å²) < 4.78 is 26.1. The van der Waals surface area contributed by atoms with Gasteiger partial charge in [-0.2, -0.15) is 4.31 Å². The smallest absolute Gasteiger partial charge is 0.252 e. The second-order valence-corrected chi connectivity index (χ2v) is 6.97. The number of nitrogen functional groups attached to an aromatic ring is 1. The van der Waals surface area contributed by atoms with Crippen LogP contribution in [0.15, 0.2) is 10.3 Å². The van der Waals surface area contributed by atoms with E-state index >= 15 is 0 Å². The summed E-state index contributed by atoms with van der Waals surface area (Å²) in [5.41, 5.74) is 6.52. The zero-order valence-corrected chi connectivity index (χ0v) is 10.2. The van der Waals surface area contributed by atoms with E-state index in [-0.39, 0.29) is 0 Å². The summed E-state index contributed by atoms with van der Waals surface area (Å²) in [6.45, 7) is 3.10. The highest BCUT2D eigenvalue weighted by atomic mass is 32.2. The molecule has 1 aliphatic heterocycles. The van der Waals surface area contributed by atoms with E-state index in [1.807, 2.05) is 6.92 Å². The fourth-order valence-corrected chi connectivity index (χ4v) is 4.65. The molecule has 1 fully saturated rings. The third-order valence-electron chi connectivity index (χ3n) is 2.59. The van der Waals surface area contributed by atoms with Crippen molar-refractivity contribution in [1.82, 2.24) is 4.31 Å². The molecule has 0 radical (unpaired) electrons. The van der Waals surface area contributed by atoms with Gasteiger partial charge in [-0.25, -0.2) is 8.42 Å². The van der Waals surface area contributed by atoms with Gasteiger partial charge in [0.05, 0.1) is 5.00 Å². The molecule has 0 amide bonds. The molecule has 0 unspecified atom stereocenters. The highest BCUT2D eigenvalue weighted by Crippen LogP contribution is 2.31. The first-order valence-corrected chi connectivity index (χ1v) is 7.13. The molecular formula is C9H14N2O2S2. The van der Waals surface area contributed by atoms with E-state index in [0.717, 1.165) is 29.7 Å². The second-order valence-electron chi connectivity index (χ2n) is 3.72. The molecule has 0 saturated carbocycles. The highest BCUT2D eigenvalue weighted by molar-refractivity contribution is 7.91. The number of anilines is 1. The van der Waals surface area contributed by atoms with Crippen LogP contribution in [0, 0.1) is 6.92 Å². The maximum absolute atomic E-state index is 12.1. The summed E-state index contributed by atoms with van der Waals surface area (Å²) >= 11 is 1.16. The maximum atomic E-state index is 12.1. The van der Waals surface area contributed by atoms with Crippen LogP contribution >= 0.6 is 11.3 Å². The average Bonchev–Trinajstić information content (AvgIpc) is 2.77. The monoisotopic (exact) mass is 246 g/mol. The minimum Gasteiger partial charge on any atom is -0.390 e. The van der Waals surface area contributed by atoms with Crippen molar-refractivity contribution in [2.45, 2.75) is 24.0 Å². The Morgan fingerprint density at radius 1 is 1.40 bits per heavy atom. The van der Waals surface area contributed by atoms with Crippen molar-refractivity contribution in [2.75, 3.05) is 18.8 Å². The lowest BCUT2D eigenvalue weighted by molar-refractivity contribution is 0.479. The van der Waals surface area contributed by atoms with Crippen LogP contribution in [-0.4, -0.2) is 25.8 Å². The van der Waals surface area contributed by atoms with E-state index in [1.165, 1.54) is 4.31 Å². The predicted octanol–water partition coefficient (Wildman–Crippen LogP) is 1.42. The first-order valence-electron chi connectivity index (χ1n) is 4.88. The maximum Gasteiger partial charge on any atom is 0.252 e. The van der Waals surface area contributed by atoms with Gasteiger partial charge in [-0.3, -0.25) is 0 Å². The Morgan fingerprint density at radius 2 is 2.00 bits per heavy atom. The van der Waals surface area contributed by atoms with Crippen LogP contribution in [0.2, 0.25) is 0 Å². The molecular weight excluding hydrogens is 232 g/mol. The van der Waals surface area contributed by atoms with Gasteiger partial charge in [-0.05, 0) is 31.4 Å². The molecule has 2 rings (SSSR count). The normalized spacial score (nSPS) is 18.5. The van der Waals surface area contributed by atoms with Crippen LogP contribution in [0.25, 0.3) is 0 Å². The summed E-state index contributed by atoms with van der Waals surface area (Å²) in [5.74, 6) is 0. The summed E-state index contributed by atoms with van der Waals surface area (Å²) in [6, 6.07) is 1.66. The van der Waals surface area contributed by atoms with E-state index in [4.69, 9.17) is 5.73 Å². The number of thiophene rings is 1. The molecule has 2 N–H and O–H groups in total. The van der Waals surface area contributed by atoms with E-state index < -0.39 is 10.0 Å². The van der Waals surface area contributed by atoms with Gasteiger partial charge < -0.3 is 5.73 Å². The number of hydrogen-bond acceptors (Lipinski definition) is 4. The fourth-order valence-electron chi connectivity index (χ4n) is 1.65. The molecule has 1 aliphatic rings. The van der Waals surface area contributed by atoms with Gasteiger partial charge in [-0.1, -0.05) is 0 Å². The van der Waals surface area contributed by atoms with Crippen molar-refractivity contribution in [2.24, 2.45) is 0 Å². The van der Waals surface area contributed by atoms with Crippen LogP contribution in [0.1, 0.15) is 18.4 Å². The van der Waals surface area contributed by atoms with Crippen LogP contribution in [-0.2, 0) is 10.0 Å². The number of sulfonamides is 1. The Hall–Kier alpha value is -0.590. The molecule has 0 atom stereocenters. The van der Waals surface area contributed by atoms with Gasteiger partial charge in [-0.15, -0.1) is 11.3 Å². The number of rotatable bonds is 2. The van der Waals surface area contributed by atoms with Crippen molar-refractivity contribution in [3.63, 3.8) is 0 Å². The zero-order chi connectivity index (χ0) is 11.1. The molecule has 0 bridgehead atoms. The lowest BCUT2D eigenvalue weighted by atomic mass is 10.4. The van der Waals surface area contributed by atoms with Gasteiger partial charge in [0.2, 0.25) is 0 Å². The van der Waals surface area contributed by atoms with Gasteiger partial charge in [0.25, 0.3) is 10.0 Å². The Balaban J connectivity index is 2.36. The molecule has 0 aliphatic carbocycles. The second kappa shape index (κ2) is 3.77. The molecule has 6 heteroatoms. The molecule has 15 heavy (non-hydrogen) atoms. The summed E-state index contributed by atoms with van der Waals surface area (Å²) in [5, 5.41) is 0.591. The first kappa shape index (κ1) is 10.9. The number of nitrogens with two attached hydrogens (primary N) is 1. The van der Waals surface area contributed by atoms with E-state index in [2.05, 4.69) is 0 Å². The topological polar surface area (TPSA) is 63.4 Å². The highest BCUT2D eigenvalue weighted by Gasteiger charge is 2.28. The molecule has 1 saturated heterocycles. The number of hydrogen-bond donors (Lipinski definition) is 1. The first-order chi connectivity index (χ1) is 7.01. The standard InChI is InChI=1S/C9H14N2O2S2/c1-7-6-8(14-9(7)10)15(12,13)11-4-2-3-5-11/h6H,2-5,10H2,1H3. The Labute approximate surface area is 93.8 Å². The average molecular weight is 246 g/mol. The predicted molar refractivity (Wildman–Crippen MR) is 61.5 cm³/mol. The largest absolute Gasteiger partial charge is 0.390 e. The van der Waals surface area contributed by atoms with Crippen LogP contribution in [0.5, 0.6) is 0 Å². The third kappa shape index (κ3) is 1.89. The van der Waals surface area contributed by atoms with Gasteiger partial charge in [0, 0.05) is 13.1 Å². The van der Waals surface area contributed by atoms with Crippen molar-refractivity contribution in [3.05, 3.63) is 11.6 Å². The Bertz CT molecular complexity index is 439. The molecule has 1 aromatic rings. The van der Waals surface area contributed by atoms with Crippen LogP contribution in [0.3, 0.4) is 0 Å². The Morgan fingerprint density at radius 3 is 2.47 bits per heavy atom. The van der Waals surface area contributed by atoms with Crippen molar-refractivity contribution >= 4 is 26.4 Å². The van der Waals surface area contributed by atoms with Crippen LogP contribution < -0.4 is 5.73 Å². The summed E-state index contributed by atoms with van der Waals surface area (Å²) in [4.78, 5) is 0. The molecule has 2 heterocycles. The minimum atomic E-state index is -3.27. The Kier molecular flexibility index (Phi) is 2.74. The molecule has 84 valence electrons. The van der Waals surface area contributed by atoms with Crippen LogP contribution in [0.4, 0.5) is 5.00 Å². The quantitative estimate of drug-likeness (QED) is 0.858. The number of nitrogens with zero attached hydrogens (tertiary/aromatic N) is 1. The zero-order valence-electron chi connectivity index (χ0n) is 8.56. The fraction of sp³-hybridized carbons (Fsp3) is 0.556. The molecule has 0 spiro atoms. The minimum absolute atomic E-state index is 0.374. The summed E-state index contributed by atoms with van der Waals surface area (Å²) in [7, 11) is -3.27. The van der Waals surface area contributed by atoms with E-state index in [0.29, 0.717) is 22.3 Å². The SMILES string of the molecule is Cc1cc(S(=O)(=O)N2CCCC2)sc1N. The lowest BCUT2D eigenvalue weighted by Crippen LogP contribution is -2.27. The van der Waals surface area contributed by atoms with Crippen molar-refractivity contribution in [1.29, 1.82) is 0 Å². The third-order valence-corrected chi connectivity index (χ3v) is 6.01. The molecule has 1 aromatic heterocycles.